The number of unbranched alkanes of at least 4 members (excludes halogenated alkanes) is 2. The van der Waals surface area contributed by atoms with Crippen molar-refractivity contribution in [3.63, 3.8) is 0 Å². The molecular formula is C16H35NOSi-. The van der Waals surface area contributed by atoms with Gasteiger partial charge in [0.05, 0.1) is 0 Å². The largest absolute Gasteiger partial charge is 0.565 e. The Morgan fingerprint density at radius 3 is 2.26 bits per heavy atom. The first kappa shape index (κ1) is 17.2. The van der Waals surface area contributed by atoms with E-state index in [4.69, 9.17) is 4.43 Å². The Balaban J connectivity index is 2.02. The summed E-state index contributed by atoms with van der Waals surface area (Å²) in [5.74, 6) is 0.988. The van der Waals surface area contributed by atoms with Crippen LogP contribution in [-0.2, 0) is 4.43 Å². The van der Waals surface area contributed by atoms with Crippen molar-refractivity contribution in [3.05, 3.63) is 0 Å². The summed E-state index contributed by atoms with van der Waals surface area (Å²) < 4.78 is 6.21. The molecule has 1 aliphatic heterocycles. The Bertz CT molecular complexity index is 242. The van der Waals surface area contributed by atoms with Crippen LogP contribution in [0.5, 0.6) is 0 Å². The van der Waals surface area contributed by atoms with Crippen LogP contribution in [0.4, 0.5) is 0 Å². The van der Waals surface area contributed by atoms with Crippen molar-refractivity contribution in [2.45, 2.75) is 77.4 Å². The van der Waals surface area contributed by atoms with E-state index in [-0.39, 0.29) is 0 Å². The van der Waals surface area contributed by atoms with Crippen LogP contribution in [0.15, 0.2) is 0 Å². The first-order chi connectivity index (χ1) is 8.83. The van der Waals surface area contributed by atoms with E-state index in [0.29, 0.717) is 5.04 Å². The van der Waals surface area contributed by atoms with E-state index < -0.39 is 8.32 Å². The molecule has 0 bridgehead atoms. The third-order valence-electron chi connectivity index (χ3n) is 4.98. The first-order valence-electron chi connectivity index (χ1n) is 8.17. The fraction of sp³-hybridized carbons (Fsp3) is 1.00. The molecule has 3 heteroatoms. The maximum atomic E-state index is 6.21. The van der Waals surface area contributed by atoms with Gasteiger partial charge >= 0.3 is 0 Å². The lowest BCUT2D eigenvalue weighted by molar-refractivity contribution is 0.272. The number of rotatable bonds is 7. The fourth-order valence-electron chi connectivity index (χ4n) is 2.43. The zero-order chi connectivity index (χ0) is 14.4. The van der Waals surface area contributed by atoms with Crippen LogP contribution in [0.3, 0.4) is 0 Å². The highest BCUT2D eigenvalue weighted by molar-refractivity contribution is 6.74. The second-order valence-electron chi connectivity index (χ2n) is 7.65. The summed E-state index contributed by atoms with van der Waals surface area (Å²) in [5.41, 5.74) is 0. The molecule has 0 aromatic rings. The molecule has 1 N–H and O–H groups in total. The van der Waals surface area contributed by atoms with E-state index in [9.17, 15) is 0 Å². The summed E-state index contributed by atoms with van der Waals surface area (Å²) in [7, 11) is -1.51. The van der Waals surface area contributed by atoms with E-state index in [1.165, 1.54) is 51.6 Å². The van der Waals surface area contributed by atoms with E-state index in [1.807, 2.05) is 0 Å². The molecular weight excluding hydrogens is 250 g/mol. The lowest BCUT2D eigenvalue weighted by Gasteiger charge is -2.48. The number of hydrogen-bond donors (Lipinski definition) is 1. The van der Waals surface area contributed by atoms with E-state index >= 15 is 0 Å². The van der Waals surface area contributed by atoms with Crippen LogP contribution in [-0.4, -0.2) is 28.0 Å². The van der Waals surface area contributed by atoms with Crippen LogP contribution >= 0.6 is 0 Å². The number of piperidine rings is 1. The average Bonchev–Trinajstić information content (AvgIpc) is 2.33. The SMILES string of the molecule is CC(C)(C)[Si-](C)(C)OCCCCCC1CCNCC1. The quantitative estimate of drug-likeness (QED) is 0.546. The van der Waals surface area contributed by atoms with Crippen LogP contribution in [0.2, 0.25) is 18.1 Å². The molecule has 0 unspecified atom stereocenters. The minimum Gasteiger partial charge on any atom is -0.565 e. The Kier molecular flexibility index (Phi) is 7.05. The van der Waals surface area contributed by atoms with Gasteiger partial charge in [0.1, 0.15) is 0 Å². The van der Waals surface area contributed by atoms with Crippen molar-refractivity contribution in [2.24, 2.45) is 5.92 Å². The Hall–Kier alpha value is 0.137. The minimum absolute atomic E-state index is 0.349. The Labute approximate surface area is 121 Å². The zero-order valence-electron chi connectivity index (χ0n) is 13.8. The van der Waals surface area contributed by atoms with Crippen molar-refractivity contribution >= 4 is 8.32 Å². The molecule has 0 saturated carbocycles. The van der Waals surface area contributed by atoms with Crippen molar-refractivity contribution in [1.29, 1.82) is 0 Å². The van der Waals surface area contributed by atoms with E-state index in [0.717, 1.165) is 12.5 Å². The van der Waals surface area contributed by atoms with Gasteiger partial charge in [-0.25, -0.2) is 0 Å². The number of nitrogens with one attached hydrogen (secondary N) is 1. The molecule has 0 aliphatic carbocycles. The molecule has 19 heavy (non-hydrogen) atoms. The van der Waals surface area contributed by atoms with Gasteiger partial charge in [0.2, 0.25) is 0 Å². The molecule has 2 nitrogen and oxygen atoms in total. The second kappa shape index (κ2) is 7.80. The van der Waals surface area contributed by atoms with Crippen molar-refractivity contribution < 1.29 is 4.43 Å². The highest BCUT2D eigenvalue weighted by Gasteiger charge is 2.24. The standard InChI is InChI=1S/C16H35NOSi/c1-16(2,3)19(4,5)18-14-8-6-7-9-15-10-12-17-13-11-15/h15,17H,6-14H2,1-5H3/q-1. The molecule has 1 aliphatic rings. The molecule has 0 spiro atoms. The second-order valence-corrected chi connectivity index (χ2v) is 12.5. The topological polar surface area (TPSA) is 21.3 Å². The summed E-state index contributed by atoms with van der Waals surface area (Å²) in [6.07, 6.45) is 8.20. The molecule has 1 rings (SSSR count). The minimum atomic E-state index is -1.51. The predicted octanol–water partition coefficient (Wildman–Crippen LogP) is 4.57. The highest BCUT2D eigenvalue weighted by atomic mass is 28.4. The summed E-state index contributed by atoms with van der Waals surface area (Å²) in [6.45, 7) is 15.1. The van der Waals surface area contributed by atoms with Crippen LogP contribution < -0.4 is 5.32 Å². The van der Waals surface area contributed by atoms with E-state index in [1.54, 1.807) is 0 Å². The van der Waals surface area contributed by atoms with Gasteiger partial charge in [0.15, 0.2) is 0 Å². The summed E-state index contributed by atoms with van der Waals surface area (Å²) in [4.78, 5) is 0. The lowest BCUT2D eigenvalue weighted by atomic mass is 9.92. The van der Waals surface area contributed by atoms with Gasteiger partial charge in [0, 0.05) is 6.61 Å². The van der Waals surface area contributed by atoms with Crippen molar-refractivity contribution in [3.8, 4) is 0 Å². The van der Waals surface area contributed by atoms with Crippen molar-refractivity contribution in [1.82, 2.24) is 5.32 Å². The van der Waals surface area contributed by atoms with Gasteiger partial charge in [0.25, 0.3) is 0 Å². The smallest absolute Gasteiger partial charge is 0.00346 e. The predicted molar refractivity (Wildman–Crippen MR) is 87.2 cm³/mol. The van der Waals surface area contributed by atoms with Gasteiger partial charge in [-0.15, -0.1) is 18.1 Å². The number of hydrogen-bond acceptors (Lipinski definition) is 2. The molecule has 0 aromatic heterocycles. The van der Waals surface area contributed by atoms with Crippen LogP contribution in [0, 0.1) is 5.92 Å². The zero-order valence-corrected chi connectivity index (χ0v) is 14.8. The maximum Gasteiger partial charge on any atom is 0.00346 e. The monoisotopic (exact) mass is 285 g/mol. The lowest BCUT2D eigenvalue weighted by Crippen LogP contribution is -2.40. The Morgan fingerprint density at radius 1 is 1.05 bits per heavy atom. The average molecular weight is 286 g/mol. The molecule has 0 amide bonds. The summed E-state index contributed by atoms with van der Waals surface area (Å²) in [6, 6.07) is 0. The summed E-state index contributed by atoms with van der Waals surface area (Å²) >= 11 is 0. The first-order valence-corrected chi connectivity index (χ1v) is 11.1. The van der Waals surface area contributed by atoms with Crippen molar-refractivity contribution in [2.75, 3.05) is 19.7 Å². The van der Waals surface area contributed by atoms with E-state index in [2.05, 4.69) is 39.2 Å². The van der Waals surface area contributed by atoms with Gasteiger partial charge in [-0.3, -0.25) is 0 Å². The molecule has 1 fully saturated rings. The molecule has 1 heterocycles. The van der Waals surface area contributed by atoms with Gasteiger partial charge in [-0.1, -0.05) is 40.0 Å². The van der Waals surface area contributed by atoms with Gasteiger partial charge < -0.3 is 9.74 Å². The normalized spacial score (nSPS) is 18.8. The third-order valence-corrected chi connectivity index (χ3v) is 9.52. The third kappa shape index (κ3) is 6.41. The summed E-state index contributed by atoms with van der Waals surface area (Å²) in [5, 5.41) is 3.79. The van der Waals surface area contributed by atoms with Crippen LogP contribution in [0.25, 0.3) is 0 Å². The fourth-order valence-corrected chi connectivity index (χ4v) is 3.51. The molecule has 0 atom stereocenters. The van der Waals surface area contributed by atoms with Gasteiger partial charge in [-0.05, 0) is 46.6 Å². The highest BCUT2D eigenvalue weighted by Crippen LogP contribution is 2.36. The molecule has 0 radical (unpaired) electrons. The Morgan fingerprint density at radius 2 is 1.68 bits per heavy atom. The molecule has 1 saturated heterocycles. The van der Waals surface area contributed by atoms with Crippen LogP contribution in [0.1, 0.15) is 59.3 Å². The molecule has 0 aromatic carbocycles. The molecule has 115 valence electrons. The maximum absolute atomic E-state index is 6.21. The van der Waals surface area contributed by atoms with Gasteiger partial charge in [-0.2, -0.15) is 0 Å².